The lowest BCUT2D eigenvalue weighted by atomic mass is 10.0. The third-order valence-electron chi connectivity index (χ3n) is 3.86. The van der Waals surface area contributed by atoms with Crippen LogP contribution >= 0.6 is 23.2 Å². The Morgan fingerprint density at radius 3 is 2.64 bits per heavy atom. The van der Waals surface area contributed by atoms with Gasteiger partial charge < -0.3 is 15.1 Å². The first-order chi connectivity index (χ1) is 11.7. The molecule has 1 amide bonds. The number of nitrogens with one attached hydrogen (secondary N) is 2. The number of methoxy groups -OCH3 is 1. The molecule has 1 aromatic carbocycles. The zero-order valence-electron chi connectivity index (χ0n) is 13.9. The number of halogens is 4. The van der Waals surface area contributed by atoms with Crippen LogP contribution in [0.15, 0.2) is 30.0 Å². The van der Waals surface area contributed by atoms with E-state index in [-0.39, 0.29) is 5.57 Å². The summed E-state index contributed by atoms with van der Waals surface area (Å²) in [4.78, 5) is 12.4. The molecule has 0 spiro atoms. The van der Waals surface area contributed by atoms with Crippen molar-refractivity contribution in [3.8, 4) is 0 Å². The summed E-state index contributed by atoms with van der Waals surface area (Å²) in [5, 5.41) is 4.90. The molecule has 9 heteroatoms. The quantitative estimate of drug-likeness (QED) is 0.779. The van der Waals surface area contributed by atoms with Gasteiger partial charge in [-0.3, -0.25) is 4.79 Å². The first-order valence-electron chi connectivity index (χ1n) is 7.52. The fraction of sp³-hybridized carbons (Fsp3) is 0.438. The number of alkyl halides is 2. The Balaban J connectivity index is 2.15. The largest absolute Gasteiger partial charge is 0.375 e. The van der Waals surface area contributed by atoms with Crippen LogP contribution in [0.25, 0.3) is 0 Å². The van der Waals surface area contributed by atoms with Gasteiger partial charge >= 0.3 is 0 Å². The molecule has 1 aliphatic heterocycles. The van der Waals surface area contributed by atoms with Crippen molar-refractivity contribution in [2.24, 2.45) is 0 Å². The Bertz CT molecular complexity index is 673. The number of carbonyl (C=O) groups excluding carboxylic acids is 1. The molecule has 0 fully saturated rings. The predicted molar refractivity (Wildman–Crippen MR) is 92.6 cm³/mol. The minimum Gasteiger partial charge on any atom is -0.375 e. The lowest BCUT2D eigenvalue weighted by Gasteiger charge is -2.26. The van der Waals surface area contributed by atoms with Gasteiger partial charge in [-0.1, -0.05) is 29.3 Å². The minimum atomic E-state index is -2.71. The van der Waals surface area contributed by atoms with Crippen LogP contribution in [-0.4, -0.2) is 43.6 Å². The monoisotopic (exact) mass is 393 g/mol. The van der Waals surface area contributed by atoms with Crippen LogP contribution in [0, 0.1) is 0 Å². The minimum absolute atomic E-state index is 0.0404. The van der Waals surface area contributed by atoms with E-state index in [1.54, 1.807) is 32.2 Å². The molecule has 3 unspecified atom stereocenters. The van der Waals surface area contributed by atoms with E-state index in [4.69, 9.17) is 27.9 Å². The van der Waals surface area contributed by atoms with Crippen molar-refractivity contribution in [2.75, 3.05) is 14.2 Å². The lowest BCUT2D eigenvalue weighted by Crippen LogP contribution is -2.44. The molecule has 0 aromatic heterocycles. The molecular formula is C16H19Cl2F2N3O2. The van der Waals surface area contributed by atoms with Crippen LogP contribution in [0.5, 0.6) is 0 Å². The zero-order valence-corrected chi connectivity index (χ0v) is 15.4. The Morgan fingerprint density at radius 2 is 2.08 bits per heavy atom. The molecule has 5 nitrogen and oxygen atoms in total. The van der Waals surface area contributed by atoms with Crippen LogP contribution in [0.3, 0.4) is 0 Å². The SMILES string of the molecule is COC(c1ccc(Cl)cc1Cl)C(C)NC(=O)C1=CN(C)NC1C(F)F. The predicted octanol–water partition coefficient (Wildman–Crippen LogP) is 3.15. The number of ether oxygens (including phenoxy) is 1. The number of carbonyl (C=O) groups is 1. The van der Waals surface area contributed by atoms with Gasteiger partial charge in [0.1, 0.15) is 12.1 Å². The highest BCUT2D eigenvalue weighted by Gasteiger charge is 2.35. The third-order valence-corrected chi connectivity index (χ3v) is 4.42. The van der Waals surface area contributed by atoms with E-state index in [1.165, 1.54) is 18.3 Å². The number of hydrazine groups is 1. The van der Waals surface area contributed by atoms with E-state index in [0.29, 0.717) is 15.6 Å². The summed E-state index contributed by atoms with van der Waals surface area (Å²) in [6, 6.07) is 3.07. The molecule has 25 heavy (non-hydrogen) atoms. The van der Waals surface area contributed by atoms with Gasteiger partial charge in [-0.25, -0.2) is 14.2 Å². The maximum Gasteiger partial charge on any atom is 0.259 e. The van der Waals surface area contributed by atoms with Gasteiger partial charge in [-0.2, -0.15) is 0 Å². The Hall–Kier alpha value is -1.41. The zero-order chi connectivity index (χ0) is 18.7. The average molecular weight is 394 g/mol. The van der Waals surface area contributed by atoms with Crippen molar-refractivity contribution in [3.05, 3.63) is 45.6 Å². The first-order valence-corrected chi connectivity index (χ1v) is 8.27. The van der Waals surface area contributed by atoms with E-state index >= 15 is 0 Å². The maximum absolute atomic E-state index is 13.1. The summed E-state index contributed by atoms with van der Waals surface area (Å²) >= 11 is 12.1. The van der Waals surface area contributed by atoms with Gasteiger partial charge in [0.05, 0.1) is 11.6 Å². The van der Waals surface area contributed by atoms with Gasteiger partial charge in [0, 0.05) is 36.0 Å². The summed E-state index contributed by atoms with van der Waals surface area (Å²) in [6.45, 7) is 1.71. The van der Waals surface area contributed by atoms with Gasteiger partial charge in [0.15, 0.2) is 0 Å². The smallest absolute Gasteiger partial charge is 0.259 e. The van der Waals surface area contributed by atoms with Crippen molar-refractivity contribution < 1.29 is 18.3 Å². The summed E-state index contributed by atoms with van der Waals surface area (Å²) in [7, 11) is 3.02. The van der Waals surface area contributed by atoms with Crippen molar-refractivity contribution in [2.45, 2.75) is 31.5 Å². The fourth-order valence-corrected chi connectivity index (χ4v) is 3.22. The normalized spacial score (nSPS) is 19.8. The molecule has 0 bridgehead atoms. The molecule has 1 heterocycles. The second kappa shape index (κ2) is 8.31. The van der Waals surface area contributed by atoms with Crippen LogP contribution in [0.4, 0.5) is 8.78 Å². The molecule has 0 saturated carbocycles. The summed E-state index contributed by atoms with van der Waals surface area (Å²) in [6.07, 6.45) is -1.93. The maximum atomic E-state index is 13.1. The van der Waals surface area contributed by atoms with Crippen LogP contribution in [-0.2, 0) is 9.53 Å². The van der Waals surface area contributed by atoms with E-state index in [1.807, 2.05) is 0 Å². The third kappa shape index (κ3) is 4.61. The van der Waals surface area contributed by atoms with Crippen molar-refractivity contribution in [3.63, 3.8) is 0 Å². The molecule has 2 N–H and O–H groups in total. The van der Waals surface area contributed by atoms with E-state index < -0.39 is 30.5 Å². The lowest BCUT2D eigenvalue weighted by molar-refractivity contribution is -0.119. The number of nitrogens with zero attached hydrogens (tertiary/aromatic N) is 1. The number of hydrogen-bond acceptors (Lipinski definition) is 4. The van der Waals surface area contributed by atoms with Gasteiger partial charge in [-0.05, 0) is 19.1 Å². The summed E-state index contributed by atoms with van der Waals surface area (Å²) < 4.78 is 31.6. The molecule has 0 aliphatic carbocycles. The molecule has 0 saturated heterocycles. The Kier molecular flexibility index (Phi) is 6.62. The van der Waals surface area contributed by atoms with Crippen molar-refractivity contribution in [1.82, 2.24) is 15.8 Å². The molecule has 3 atom stereocenters. The standard InChI is InChI=1S/C16H19Cl2F2N3O2/c1-8(14(25-3)10-5-4-9(17)6-12(10)18)21-16(24)11-7-23(2)22-13(11)15(19)20/h4-8,13-15,22H,1-3H3,(H,21,24). The fourth-order valence-electron chi connectivity index (χ4n) is 2.71. The van der Waals surface area contributed by atoms with Gasteiger partial charge in [0.25, 0.3) is 12.3 Å². The number of benzene rings is 1. The number of amides is 1. The van der Waals surface area contributed by atoms with Crippen molar-refractivity contribution >= 4 is 29.1 Å². The number of rotatable bonds is 6. The van der Waals surface area contributed by atoms with Crippen LogP contribution in [0.1, 0.15) is 18.6 Å². The molecule has 0 radical (unpaired) electrons. The van der Waals surface area contributed by atoms with E-state index in [9.17, 15) is 13.6 Å². The van der Waals surface area contributed by atoms with E-state index in [2.05, 4.69) is 10.7 Å². The van der Waals surface area contributed by atoms with Gasteiger partial charge in [-0.15, -0.1) is 0 Å². The second-order valence-electron chi connectivity index (χ2n) is 5.72. The second-order valence-corrected chi connectivity index (χ2v) is 6.56. The molecule has 1 aliphatic rings. The highest BCUT2D eigenvalue weighted by molar-refractivity contribution is 6.35. The highest BCUT2D eigenvalue weighted by atomic mass is 35.5. The van der Waals surface area contributed by atoms with E-state index in [0.717, 1.165) is 0 Å². The summed E-state index contributed by atoms with van der Waals surface area (Å²) in [5.74, 6) is -0.596. The highest BCUT2D eigenvalue weighted by Crippen LogP contribution is 2.30. The Labute approximate surface area is 154 Å². The molecular weight excluding hydrogens is 375 g/mol. The van der Waals surface area contributed by atoms with Crippen LogP contribution in [0.2, 0.25) is 10.0 Å². The van der Waals surface area contributed by atoms with Gasteiger partial charge in [0.2, 0.25) is 0 Å². The average Bonchev–Trinajstić information content (AvgIpc) is 2.92. The number of hydrogen-bond donors (Lipinski definition) is 2. The van der Waals surface area contributed by atoms with Crippen molar-refractivity contribution in [1.29, 1.82) is 0 Å². The van der Waals surface area contributed by atoms with Crippen LogP contribution < -0.4 is 10.7 Å². The first kappa shape index (κ1) is 19.9. The summed E-state index contributed by atoms with van der Waals surface area (Å²) in [5.41, 5.74) is 3.11. The Morgan fingerprint density at radius 1 is 1.40 bits per heavy atom. The molecule has 1 aromatic rings. The molecule has 138 valence electrons. The topological polar surface area (TPSA) is 53.6 Å². The molecule has 2 rings (SSSR count).